The fourth-order valence-corrected chi connectivity index (χ4v) is 3.28. The normalized spacial score (nSPS) is 21.1. The van der Waals surface area contributed by atoms with E-state index in [0.717, 1.165) is 46.8 Å². The number of hydrogen-bond donors (Lipinski definition) is 0. The van der Waals surface area contributed by atoms with Crippen LogP contribution < -0.4 is 0 Å². The van der Waals surface area contributed by atoms with E-state index < -0.39 is 9.02 Å². The van der Waals surface area contributed by atoms with Crippen LogP contribution in [0.15, 0.2) is 22.6 Å². The van der Waals surface area contributed by atoms with Gasteiger partial charge in [0.05, 0.1) is 0 Å². The number of hydrogen-bond acceptors (Lipinski definition) is 3. The molecule has 0 aromatic carbocycles. The van der Waals surface area contributed by atoms with Gasteiger partial charge in [-0.1, -0.05) is 45.2 Å². The molecule has 1 unspecified atom stereocenters. The van der Waals surface area contributed by atoms with Gasteiger partial charge in [-0.05, 0) is 50.8 Å². The van der Waals surface area contributed by atoms with E-state index in [9.17, 15) is 4.79 Å². The maximum absolute atomic E-state index is 12.5. The summed E-state index contributed by atoms with van der Waals surface area (Å²) in [7, 11) is 0. The number of rotatable bonds is 4. The molecule has 108 valence electrons. The first-order valence-corrected chi connectivity index (χ1v) is 9.38. The van der Waals surface area contributed by atoms with Crippen LogP contribution in [-0.2, 0) is 15.1 Å². The first-order valence-electron chi connectivity index (χ1n) is 6.78. The predicted molar refractivity (Wildman–Crippen MR) is 95.0 cm³/mol. The van der Waals surface area contributed by atoms with E-state index in [-0.39, 0.29) is 5.97 Å². The number of fused-ring (bicyclic) bond motifs is 2. The molecule has 2 heterocycles. The molecule has 1 atom stereocenters. The summed E-state index contributed by atoms with van der Waals surface area (Å²) < 4.78 is 11.9. The highest BCUT2D eigenvalue weighted by Gasteiger charge is 2.45. The Balaban J connectivity index is 1.93. The lowest BCUT2D eigenvalue weighted by atomic mass is 9.91. The zero-order valence-corrected chi connectivity index (χ0v) is 15.6. The lowest BCUT2D eigenvalue weighted by Gasteiger charge is -2.32. The van der Waals surface area contributed by atoms with E-state index in [1.807, 2.05) is 25.1 Å². The number of esters is 1. The molecule has 3 rings (SSSR count). The zero-order chi connectivity index (χ0) is 14.4. The summed E-state index contributed by atoms with van der Waals surface area (Å²) in [5, 5.41) is 0. The summed E-state index contributed by atoms with van der Waals surface area (Å²) in [4.78, 5) is 12.5. The molecule has 0 N–H and O–H groups in total. The van der Waals surface area contributed by atoms with Crippen LogP contribution in [0.3, 0.4) is 0 Å². The van der Waals surface area contributed by atoms with Crippen molar-refractivity contribution in [3.05, 3.63) is 23.8 Å². The summed E-state index contributed by atoms with van der Waals surface area (Å²) in [6.07, 6.45) is 3.98. The van der Waals surface area contributed by atoms with Gasteiger partial charge < -0.3 is 9.15 Å². The van der Waals surface area contributed by atoms with Gasteiger partial charge in [-0.25, -0.2) is 0 Å². The minimum absolute atomic E-state index is 0.118. The van der Waals surface area contributed by atoms with Crippen LogP contribution in [0.2, 0.25) is 0 Å². The molecule has 1 saturated carbocycles. The summed E-state index contributed by atoms with van der Waals surface area (Å²) >= 11 is 4.42. The fraction of sp³-hybridized carbons (Fsp3) is 0.533. The molecule has 0 radical (unpaired) electrons. The lowest BCUT2D eigenvalue weighted by Crippen LogP contribution is -2.39. The maximum atomic E-state index is 12.5. The summed E-state index contributed by atoms with van der Waals surface area (Å²) in [5.74, 6) is -0.118. The van der Waals surface area contributed by atoms with Crippen molar-refractivity contribution in [2.75, 3.05) is 4.43 Å². The topological polar surface area (TPSA) is 39.4 Å². The first-order chi connectivity index (χ1) is 9.47. The molecule has 3 nitrogen and oxygen atoms in total. The average Bonchev–Trinajstić information content (AvgIpc) is 3.14. The second-order valence-corrected chi connectivity index (χ2v) is 8.83. The number of benzene rings is 1. The van der Waals surface area contributed by atoms with E-state index >= 15 is 0 Å². The van der Waals surface area contributed by atoms with Crippen molar-refractivity contribution < 1.29 is 13.9 Å². The van der Waals surface area contributed by atoms with Crippen LogP contribution in [0.5, 0.6) is 0 Å². The SMILES string of the molecule is CC(I)(CI)C(=O)OC1(c2cc3ccc2o3)CCCC1. The van der Waals surface area contributed by atoms with Crippen molar-refractivity contribution in [1.82, 2.24) is 0 Å². The van der Waals surface area contributed by atoms with Gasteiger partial charge in [-0.2, -0.15) is 0 Å². The van der Waals surface area contributed by atoms with Gasteiger partial charge in [0.25, 0.3) is 0 Å². The minimum Gasteiger partial charge on any atom is -0.457 e. The van der Waals surface area contributed by atoms with Crippen molar-refractivity contribution in [2.24, 2.45) is 0 Å². The van der Waals surface area contributed by atoms with Crippen molar-refractivity contribution in [3.8, 4) is 0 Å². The maximum Gasteiger partial charge on any atom is 0.323 e. The van der Waals surface area contributed by atoms with Crippen LogP contribution in [0, 0.1) is 0 Å². The summed E-state index contributed by atoms with van der Waals surface area (Å²) in [5.41, 5.74) is 2.31. The monoisotopic (exact) mass is 498 g/mol. The molecule has 1 aliphatic carbocycles. The van der Waals surface area contributed by atoms with Crippen LogP contribution in [0.4, 0.5) is 0 Å². The molecule has 0 aliphatic heterocycles. The highest BCUT2D eigenvalue weighted by molar-refractivity contribution is 14.1. The van der Waals surface area contributed by atoms with Crippen molar-refractivity contribution in [3.63, 3.8) is 0 Å². The van der Waals surface area contributed by atoms with Gasteiger partial charge in [0.1, 0.15) is 20.2 Å². The first kappa shape index (κ1) is 14.9. The van der Waals surface area contributed by atoms with E-state index in [2.05, 4.69) is 45.2 Å². The molecule has 2 aromatic heterocycles. The van der Waals surface area contributed by atoms with Crippen LogP contribution >= 0.6 is 45.2 Å². The van der Waals surface area contributed by atoms with E-state index in [1.165, 1.54) is 0 Å². The molecule has 1 aliphatic rings. The molecule has 5 heteroatoms. The van der Waals surface area contributed by atoms with E-state index in [1.54, 1.807) is 0 Å². The van der Waals surface area contributed by atoms with Gasteiger partial charge >= 0.3 is 5.97 Å². The fourth-order valence-electron chi connectivity index (χ4n) is 2.86. The van der Waals surface area contributed by atoms with Crippen LogP contribution in [0.1, 0.15) is 38.2 Å². The number of alkyl halides is 2. The van der Waals surface area contributed by atoms with Crippen LogP contribution in [0.25, 0.3) is 11.2 Å². The molecular formula is C15H16I2O3. The molecule has 0 spiro atoms. The number of halogens is 2. The third-order valence-electron chi connectivity index (χ3n) is 4.05. The number of carbonyl (C=O) groups excluding carboxylic acids is 1. The second kappa shape index (κ2) is 5.30. The predicted octanol–water partition coefficient (Wildman–Crippen LogP) is 4.81. The number of furan rings is 2. The Morgan fingerprint density at radius 2 is 2.15 bits per heavy atom. The van der Waals surface area contributed by atoms with Gasteiger partial charge in [-0.3, -0.25) is 4.79 Å². The standard InChI is InChI=1S/C15H16I2O3/c1-14(17,9-16)13(18)20-15(6-2-3-7-15)11-8-10-4-5-12(11)19-10/h4-5,8H,2-3,6-7,9H2,1H3. The van der Waals surface area contributed by atoms with E-state index in [4.69, 9.17) is 9.15 Å². The Kier molecular flexibility index (Phi) is 3.94. The average molecular weight is 498 g/mol. The lowest BCUT2D eigenvalue weighted by molar-refractivity contribution is -0.161. The number of carbonyl (C=O) groups is 1. The van der Waals surface area contributed by atoms with Crippen molar-refractivity contribution in [2.45, 2.75) is 41.6 Å². The van der Waals surface area contributed by atoms with Crippen LogP contribution in [-0.4, -0.2) is 13.8 Å². The Hall–Kier alpha value is -0.0500. The Bertz CT molecular complexity index is 611. The Morgan fingerprint density at radius 1 is 1.45 bits per heavy atom. The molecule has 0 amide bonds. The van der Waals surface area contributed by atoms with Gasteiger partial charge in [0, 0.05) is 9.99 Å². The zero-order valence-electron chi connectivity index (χ0n) is 11.2. The quantitative estimate of drug-likeness (QED) is 0.345. The molecular weight excluding hydrogens is 482 g/mol. The summed E-state index contributed by atoms with van der Waals surface area (Å²) in [6.45, 7) is 1.93. The molecule has 2 bridgehead atoms. The highest BCUT2D eigenvalue weighted by atomic mass is 127. The largest absolute Gasteiger partial charge is 0.457 e. The molecule has 0 saturated heterocycles. The molecule has 20 heavy (non-hydrogen) atoms. The van der Waals surface area contributed by atoms with Gasteiger partial charge in [0.2, 0.25) is 0 Å². The summed E-state index contributed by atoms with van der Waals surface area (Å²) in [6, 6.07) is 5.96. The minimum atomic E-state index is -0.475. The molecule has 1 fully saturated rings. The molecule has 2 aromatic rings. The Morgan fingerprint density at radius 3 is 2.65 bits per heavy atom. The van der Waals surface area contributed by atoms with Gasteiger partial charge in [0.15, 0.2) is 0 Å². The third-order valence-corrected chi connectivity index (χ3v) is 7.85. The van der Waals surface area contributed by atoms with Crippen molar-refractivity contribution in [1.29, 1.82) is 0 Å². The van der Waals surface area contributed by atoms with Crippen molar-refractivity contribution >= 4 is 62.3 Å². The highest BCUT2D eigenvalue weighted by Crippen LogP contribution is 2.46. The smallest absolute Gasteiger partial charge is 0.323 e. The number of ether oxygens (including phenoxy) is 1. The second-order valence-electron chi connectivity index (χ2n) is 5.68. The third kappa shape index (κ3) is 2.44. The van der Waals surface area contributed by atoms with E-state index in [0.29, 0.717) is 0 Å². The van der Waals surface area contributed by atoms with Gasteiger partial charge in [-0.15, -0.1) is 0 Å². The Labute approximate surface area is 145 Å².